The Hall–Kier alpha value is -3.16. The smallest absolute Gasteiger partial charge is 0.193 e. The van der Waals surface area contributed by atoms with Crippen molar-refractivity contribution in [3.05, 3.63) is 65.2 Å². The van der Waals surface area contributed by atoms with Gasteiger partial charge in [0.05, 0.1) is 17.8 Å². The minimum absolute atomic E-state index is 0.113. The van der Waals surface area contributed by atoms with Crippen LogP contribution in [0.4, 0.5) is 0 Å². The molecule has 4 aromatic rings. The maximum Gasteiger partial charge on any atom is 0.193 e. The van der Waals surface area contributed by atoms with Crippen molar-refractivity contribution in [1.82, 2.24) is 14.3 Å². The summed E-state index contributed by atoms with van der Waals surface area (Å²) in [6, 6.07) is 12.7. The molecule has 0 bridgehead atoms. The summed E-state index contributed by atoms with van der Waals surface area (Å²) >= 11 is 0. The van der Waals surface area contributed by atoms with E-state index in [1.165, 1.54) is 6.07 Å². The Labute approximate surface area is 179 Å². The summed E-state index contributed by atoms with van der Waals surface area (Å²) in [7, 11) is 1.77. The van der Waals surface area contributed by atoms with Gasteiger partial charge in [-0.2, -0.15) is 0 Å². The summed E-state index contributed by atoms with van der Waals surface area (Å²) in [5, 5.41) is 0.502. The molecule has 0 radical (unpaired) electrons. The van der Waals surface area contributed by atoms with Gasteiger partial charge >= 0.3 is 0 Å². The first-order chi connectivity index (χ1) is 15.2. The predicted octanol–water partition coefficient (Wildman–Crippen LogP) is 3.60. The highest BCUT2D eigenvalue weighted by Gasteiger charge is 2.19. The van der Waals surface area contributed by atoms with Crippen molar-refractivity contribution in [2.24, 2.45) is 0 Å². The zero-order valence-corrected chi connectivity index (χ0v) is 17.5. The van der Waals surface area contributed by atoms with Crippen molar-refractivity contribution in [2.75, 3.05) is 33.4 Å². The summed E-state index contributed by atoms with van der Waals surface area (Å²) in [4.78, 5) is 19.5. The molecule has 1 unspecified atom stereocenters. The molecule has 0 spiro atoms. The Kier molecular flexibility index (Phi) is 5.44. The van der Waals surface area contributed by atoms with E-state index in [4.69, 9.17) is 13.9 Å². The fourth-order valence-electron chi connectivity index (χ4n) is 4.12. The largest absolute Gasteiger partial charge is 0.492 e. The molecule has 1 saturated heterocycles. The number of ether oxygens (including phenoxy) is 2. The van der Waals surface area contributed by atoms with Crippen LogP contribution in [0.2, 0.25) is 0 Å². The van der Waals surface area contributed by atoms with E-state index in [9.17, 15) is 4.79 Å². The molecular formula is C24H25N3O4. The average Bonchev–Trinajstić information content (AvgIpc) is 3.27. The maximum absolute atomic E-state index is 12.8. The third kappa shape index (κ3) is 4.19. The molecule has 7 nitrogen and oxygen atoms in total. The molecular weight excluding hydrogens is 394 g/mol. The van der Waals surface area contributed by atoms with Crippen LogP contribution in [0, 0.1) is 0 Å². The van der Waals surface area contributed by atoms with Gasteiger partial charge in [0.1, 0.15) is 23.6 Å². The molecule has 4 heterocycles. The summed E-state index contributed by atoms with van der Waals surface area (Å²) in [5.41, 5.74) is 2.02. The van der Waals surface area contributed by atoms with Gasteiger partial charge in [-0.25, -0.2) is 4.98 Å². The van der Waals surface area contributed by atoms with Crippen LogP contribution in [0.3, 0.4) is 0 Å². The van der Waals surface area contributed by atoms with Gasteiger partial charge in [0.15, 0.2) is 11.2 Å². The van der Waals surface area contributed by atoms with Crippen LogP contribution < -0.4 is 10.2 Å². The third-order valence-corrected chi connectivity index (χ3v) is 5.84. The Balaban J connectivity index is 1.31. The van der Waals surface area contributed by atoms with Gasteiger partial charge in [-0.15, -0.1) is 0 Å². The van der Waals surface area contributed by atoms with Gasteiger partial charge < -0.3 is 18.3 Å². The van der Waals surface area contributed by atoms with Crippen LogP contribution in [0.15, 0.2) is 64.2 Å². The van der Waals surface area contributed by atoms with E-state index in [0.717, 1.165) is 38.0 Å². The zero-order chi connectivity index (χ0) is 21.2. The average molecular weight is 419 g/mol. The van der Waals surface area contributed by atoms with Crippen LogP contribution in [0.1, 0.15) is 12.8 Å². The molecule has 0 amide bonds. The first-order valence-corrected chi connectivity index (χ1v) is 10.6. The standard InChI is InChI=1S/C24H25N3O4/c1-29-19-5-3-8-26(15-19)10-11-30-18-6-7-23-20(13-18)22(28)14-24(31-23)21-12-17-4-2-9-27(17)16-25-21/h2,4,6-7,9,12-14,16,19H,3,5,8,10-11,15H2,1H3. The Morgan fingerprint density at radius 2 is 2.16 bits per heavy atom. The highest BCUT2D eigenvalue weighted by molar-refractivity contribution is 5.80. The summed E-state index contributed by atoms with van der Waals surface area (Å²) in [5.74, 6) is 1.12. The van der Waals surface area contributed by atoms with E-state index < -0.39 is 0 Å². The number of aromatic nitrogens is 2. The first-order valence-electron chi connectivity index (χ1n) is 10.6. The highest BCUT2D eigenvalue weighted by Crippen LogP contribution is 2.24. The molecule has 31 heavy (non-hydrogen) atoms. The summed E-state index contributed by atoms with van der Waals surface area (Å²) in [6.45, 7) is 3.40. The predicted molar refractivity (Wildman–Crippen MR) is 119 cm³/mol. The highest BCUT2D eigenvalue weighted by atomic mass is 16.5. The number of nitrogens with zero attached hydrogens (tertiary/aromatic N) is 3. The van der Waals surface area contributed by atoms with E-state index in [2.05, 4.69) is 9.88 Å². The number of piperidine rings is 1. The molecule has 160 valence electrons. The van der Waals surface area contributed by atoms with Gasteiger partial charge in [-0.05, 0) is 55.8 Å². The quantitative estimate of drug-likeness (QED) is 0.476. The van der Waals surface area contributed by atoms with E-state index in [0.29, 0.717) is 40.9 Å². The monoisotopic (exact) mass is 419 g/mol. The molecule has 0 aliphatic carbocycles. The number of rotatable bonds is 6. The zero-order valence-electron chi connectivity index (χ0n) is 17.5. The van der Waals surface area contributed by atoms with E-state index in [1.54, 1.807) is 25.6 Å². The number of methoxy groups -OCH3 is 1. The molecule has 5 rings (SSSR count). The van der Waals surface area contributed by atoms with E-state index >= 15 is 0 Å². The molecule has 3 aromatic heterocycles. The lowest BCUT2D eigenvalue weighted by Gasteiger charge is -2.31. The van der Waals surface area contributed by atoms with Gasteiger partial charge in [-0.1, -0.05) is 0 Å². The Morgan fingerprint density at radius 3 is 3.06 bits per heavy atom. The minimum Gasteiger partial charge on any atom is -0.492 e. The first kappa shape index (κ1) is 19.8. The molecule has 1 aliphatic rings. The van der Waals surface area contributed by atoms with Crippen LogP contribution >= 0.6 is 0 Å². The fraction of sp³-hybridized carbons (Fsp3) is 0.333. The second-order valence-electron chi connectivity index (χ2n) is 7.90. The molecule has 1 atom stereocenters. The molecule has 0 saturated carbocycles. The van der Waals surface area contributed by atoms with Gasteiger partial charge in [0, 0.05) is 38.0 Å². The number of hydrogen-bond donors (Lipinski definition) is 0. The second-order valence-corrected chi connectivity index (χ2v) is 7.90. The van der Waals surface area contributed by atoms with Gasteiger partial charge in [0.2, 0.25) is 0 Å². The van der Waals surface area contributed by atoms with Crippen LogP contribution in [-0.2, 0) is 4.74 Å². The maximum atomic E-state index is 12.8. The van der Waals surface area contributed by atoms with Crippen LogP contribution in [0.25, 0.3) is 27.9 Å². The van der Waals surface area contributed by atoms with Gasteiger partial charge in [-0.3, -0.25) is 9.69 Å². The second kappa shape index (κ2) is 8.53. The number of likely N-dealkylation sites (tertiary alicyclic amines) is 1. The normalized spacial score (nSPS) is 17.4. The fourth-order valence-corrected chi connectivity index (χ4v) is 4.12. The van der Waals surface area contributed by atoms with Crippen molar-refractivity contribution in [3.63, 3.8) is 0 Å². The Bertz CT molecular complexity index is 1260. The third-order valence-electron chi connectivity index (χ3n) is 5.84. The number of hydrogen-bond acceptors (Lipinski definition) is 6. The lowest BCUT2D eigenvalue weighted by Crippen LogP contribution is -2.41. The van der Waals surface area contributed by atoms with E-state index in [-0.39, 0.29) is 5.43 Å². The SMILES string of the molecule is COC1CCCN(CCOc2ccc3oc(-c4cc5cccn5cn4)cc(=O)c3c2)C1. The van der Waals surface area contributed by atoms with Crippen LogP contribution in [0.5, 0.6) is 5.75 Å². The molecule has 1 aliphatic heterocycles. The Morgan fingerprint density at radius 1 is 1.23 bits per heavy atom. The molecule has 0 N–H and O–H groups in total. The van der Waals surface area contributed by atoms with Crippen molar-refractivity contribution in [3.8, 4) is 17.2 Å². The van der Waals surface area contributed by atoms with E-state index in [1.807, 2.05) is 34.9 Å². The molecule has 1 aromatic carbocycles. The van der Waals surface area contributed by atoms with Crippen molar-refractivity contribution >= 4 is 16.5 Å². The van der Waals surface area contributed by atoms with Crippen molar-refractivity contribution in [2.45, 2.75) is 18.9 Å². The van der Waals surface area contributed by atoms with Crippen LogP contribution in [-0.4, -0.2) is 53.7 Å². The lowest BCUT2D eigenvalue weighted by atomic mass is 10.1. The summed E-state index contributed by atoms with van der Waals surface area (Å²) in [6.07, 6.45) is 6.20. The lowest BCUT2D eigenvalue weighted by molar-refractivity contribution is 0.0272. The molecule has 7 heteroatoms. The van der Waals surface area contributed by atoms with Crippen molar-refractivity contribution in [1.29, 1.82) is 0 Å². The molecule has 1 fully saturated rings. The van der Waals surface area contributed by atoms with Gasteiger partial charge in [0.25, 0.3) is 0 Å². The summed E-state index contributed by atoms with van der Waals surface area (Å²) < 4.78 is 19.3. The minimum atomic E-state index is -0.113. The topological polar surface area (TPSA) is 69.2 Å². The van der Waals surface area contributed by atoms with Crippen molar-refractivity contribution < 1.29 is 13.9 Å². The number of benzene rings is 1. The number of fused-ring (bicyclic) bond motifs is 2.